The number of benzene rings is 2. The molecule has 0 bridgehead atoms. The third-order valence-electron chi connectivity index (χ3n) is 10.4. The van der Waals surface area contributed by atoms with Crippen LogP contribution in [0.4, 0.5) is 13.2 Å². The molecule has 2 aromatic carbocycles. The molecule has 1 saturated carbocycles. The number of hydrogen-bond donors (Lipinski definition) is 2. The van der Waals surface area contributed by atoms with Crippen LogP contribution in [0.2, 0.25) is 5.02 Å². The molecule has 2 heterocycles. The number of ketones is 1. The summed E-state index contributed by atoms with van der Waals surface area (Å²) in [6.45, 7) is 3.00. The molecule has 6 rings (SSSR count). The van der Waals surface area contributed by atoms with Gasteiger partial charge in [-0.15, -0.1) is 0 Å². The van der Waals surface area contributed by atoms with Crippen LogP contribution < -0.4 is 19.5 Å². The Bertz CT molecular complexity index is 2020. The number of nitrogens with one attached hydrogen (secondary N) is 1. The molecule has 54 heavy (non-hydrogen) atoms. The number of carboxylic acids is 1. The minimum Gasteiger partial charge on any atom is -0.481 e. The molecule has 0 aliphatic heterocycles. The van der Waals surface area contributed by atoms with Crippen LogP contribution in [0.3, 0.4) is 0 Å². The number of fused-ring (bicyclic) bond motifs is 1. The van der Waals surface area contributed by atoms with E-state index >= 15 is 0 Å². The van der Waals surface area contributed by atoms with Crippen molar-refractivity contribution < 1.29 is 42.1 Å². The standard InChI is InChI=1S/C41H43ClF3N3O6/c1-4-24(40(50)51)12-13-25-20-33(41(43,44)45)39(48-37(25)52-2)54-35-18-16-29-28(7-5-8-30(29)35)31-9-6-10-32(36(31)42)34-17-14-26(38(47-34)53-3)22-46-21-23-11-15-27(49)19-23/h5-10,14,17,20,23-24,35,46H,4,11-13,15-16,18-19,21-22H2,1-3H3,(H,50,51)/t23-,24-,35+/m1/s1. The van der Waals surface area contributed by atoms with E-state index in [1.807, 2.05) is 48.5 Å². The maximum absolute atomic E-state index is 14.4. The number of ether oxygens (including phenoxy) is 3. The third-order valence-corrected chi connectivity index (χ3v) is 10.8. The SMILES string of the molecule is CC[C@H](CCc1cc(C(F)(F)F)c(O[C@H]2CCc3c(-c4cccc(-c5ccc(CNC[C@@H]6CCC(=O)C6)c(OC)n5)c4Cl)cccc32)nc1OC)C(=O)O. The van der Waals surface area contributed by atoms with Crippen LogP contribution >= 0.6 is 11.6 Å². The van der Waals surface area contributed by atoms with E-state index in [2.05, 4.69) is 10.3 Å². The molecule has 0 amide bonds. The zero-order valence-electron chi connectivity index (χ0n) is 30.4. The van der Waals surface area contributed by atoms with E-state index < -0.39 is 35.6 Å². The summed E-state index contributed by atoms with van der Waals surface area (Å²) in [5, 5.41) is 13.3. The van der Waals surface area contributed by atoms with Crippen LogP contribution in [-0.4, -0.2) is 47.6 Å². The van der Waals surface area contributed by atoms with Gasteiger partial charge < -0.3 is 24.6 Å². The molecule has 3 atom stereocenters. The van der Waals surface area contributed by atoms with Crippen molar-refractivity contribution in [2.45, 2.75) is 77.1 Å². The van der Waals surface area contributed by atoms with E-state index in [4.69, 9.17) is 30.8 Å². The molecular weight excluding hydrogens is 723 g/mol. The number of methoxy groups -OCH3 is 2. The quantitative estimate of drug-likeness (QED) is 0.122. The smallest absolute Gasteiger partial charge is 0.421 e. The second-order valence-corrected chi connectivity index (χ2v) is 14.2. The number of pyridine rings is 2. The van der Waals surface area contributed by atoms with Crippen LogP contribution in [0.25, 0.3) is 22.4 Å². The summed E-state index contributed by atoms with van der Waals surface area (Å²) in [5.41, 5.74) is 4.54. The van der Waals surface area contributed by atoms with E-state index in [1.54, 1.807) is 14.0 Å². The highest BCUT2D eigenvalue weighted by molar-refractivity contribution is 6.36. The van der Waals surface area contributed by atoms with Crippen molar-refractivity contribution in [3.8, 4) is 40.0 Å². The Labute approximate surface area is 317 Å². The van der Waals surface area contributed by atoms with Gasteiger partial charge in [0.15, 0.2) is 0 Å². The van der Waals surface area contributed by atoms with E-state index in [1.165, 1.54) is 7.11 Å². The van der Waals surface area contributed by atoms with Crippen molar-refractivity contribution in [2.75, 3.05) is 20.8 Å². The Kier molecular flexibility index (Phi) is 12.1. The van der Waals surface area contributed by atoms with E-state index in [-0.39, 0.29) is 24.3 Å². The number of hydrogen-bond acceptors (Lipinski definition) is 8. The van der Waals surface area contributed by atoms with Crippen LogP contribution in [0.15, 0.2) is 54.6 Å². The maximum atomic E-state index is 14.4. The fourth-order valence-electron chi connectivity index (χ4n) is 7.47. The van der Waals surface area contributed by atoms with Gasteiger partial charge in [-0.1, -0.05) is 61.0 Å². The summed E-state index contributed by atoms with van der Waals surface area (Å²) in [6.07, 6.45) is -1.84. The van der Waals surface area contributed by atoms with Gasteiger partial charge in [0.05, 0.1) is 30.9 Å². The number of carbonyl (C=O) groups is 2. The number of aromatic nitrogens is 2. The minimum atomic E-state index is -4.78. The average Bonchev–Trinajstić information content (AvgIpc) is 3.77. The molecule has 2 aliphatic carbocycles. The number of halogens is 4. The molecule has 2 N–H and O–H groups in total. The first-order valence-electron chi connectivity index (χ1n) is 18.1. The molecule has 13 heteroatoms. The van der Waals surface area contributed by atoms with Crippen LogP contribution in [-0.2, 0) is 35.2 Å². The van der Waals surface area contributed by atoms with Crippen molar-refractivity contribution in [1.29, 1.82) is 0 Å². The first-order chi connectivity index (χ1) is 25.9. The Morgan fingerprint density at radius 2 is 1.69 bits per heavy atom. The molecule has 0 unspecified atom stereocenters. The Morgan fingerprint density at radius 1 is 0.963 bits per heavy atom. The predicted octanol–water partition coefficient (Wildman–Crippen LogP) is 9.07. The van der Waals surface area contributed by atoms with Crippen LogP contribution in [0, 0.1) is 11.8 Å². The van der Waals surface area contributed by atoms with Crippen molar-refractivity contribution in [3.63, 3.8) is 0 Å². The molecule has 286 valence electrons. The summed E-state index contributed by atoms with van der Waals surface area (Å²) >= 11 is 7.11. The molecule has 4 aromatic rings. The topological polar surface area (TPSA) is 120 Å². The maximum Gasteiger partial charge on any atom is 0.421 e. The number of aliphatic carboxylic acids is 1. The molecule has 9 nitrogen and oxygen atoms in total. The third kappa shape index (κ3) is 8.50. The molecule has 0 spiro atoms. The zero-order valence-corrected chi connectivity index (χ0v) is 31.1. The lowest BCUT2D eigenvalue weighted by Gasteiger charge is -2.21. The van der Waals surface area contributed by atoms with E-state index in [0.29, 0.717) is 72.5 Å². The number of carbonyl (C=O) groups excluding carboxylic acids is 1. The van der Waals surface area contributed by atoms with Gasteiger partial charge in [-0.05, 0) is 79.8 Å². The molecule has 0 saturated heterocycles. The van der Waals surface area contributed by atoms with Gasteiger partial charge in [0.1, 0.15) is 17.5 Å². The first-order valence-corrected chi connectivity index (χ1v) is 18.5. The summed E-state index contributed by atoms with van der Waals surface area (Å²) in [4.78, 5) is 32.1. The van der Waals surface area contributed by atoms with Gasteiger partial charge in [-0.3, -0.25) is 9.59 Å². The lowest BCUT2D eigenvalue weighted by atomic mass is 9.94. The number of alkyl halides is 3. The number of aryl methyl sites for hydroxylation is 1. The van der Waals surface area contributed by atoms with Gasteiger partial charge in [-0.2, -0.15) is 18.2 Å². The lowest BCUT2D eigenvalue weighted by molar-refractivity contribution is -0.142. The summed E-state index contributed by atoms with van der Waals surface area (Å²) < 4.78 is 60.4. The van der Waals surface area contributed by atoms with Crippen molar-refractivity contribution in [1.82, 2.24) is 15.3 Å². The van der Waals surface area contributed by atoms with Gasteiger partial charge in [-0.25, -0.2) is 4.98 Å². The molecule has 0 radical (unpaired) electrons. The predicted molar refractivity (Wildman–Crippen MR) is 198 cm³/mol. The highest BCUT2D eigenvalue weighted by atomic mass is 35.5. The number of rotatable bonds is 15. The Hall–Kier alpha value is -4.68. The molecular formula is C41H43ClF3N3O6. The van der Waals surface area contributed by atoms with Gasteiger partial charge in [0, 0.05) is 41.6 Å². The molecule has 2 aromatic heterocycles. The highest BCUT2D eigenvalue weighted by Gasteiger charge is 2.39. The normalized spacial score (nSPS) is 17.4. The summed E-state index contributed by atoms with van der Waals surface area (Å²) in [5.74, 6) is -1.21. The van der Waals surface area contributed by atoms with Gasteiger partial charge in [0.2, 0.25) is 17.6 Å². The summed E-state index contributed by atoms with van der Waals surface area (Å²) in [7, 11) is 2.88. The second kappa shape index (κ2) is 16.8. The van der Waals surface area contributed by atoms with Gasteiger partial charge >= 0.3 is 12.1 Å². The van der Waals surface area contributed by atoms with Crippen LogP contribution in [0.5, 0.6) is 17.6 Å². The van der Waals surface area contributed by atoms with Crippen molar-refractivity contribution in [2.24, 2.45) is 11.8 Å². The lowest BCUT2D eigenvalue weighted by Crippen LogP contribution is -2.21. The Morgan fingerprint density at radius 3 is 2.37 bits per heavy atom. The van der Waals surface area contributed by atoms with Crippen molar-refractivity contribution >= 4 is 23.4 Å². The number of nitrogens with zero attached hydrogens (tertiary/aromatic N) is 2. The monoisotopic (exact) mass is 765 g/mol. The Balaban J connectivity index is 1.25. The van der Waals surface area contributed by atoms with E-state index in [0.717, 1.165) is 46.8 Å². The minimum absolute atomic E-state index is 0.0369. The van der Waals surface area contributed by atoms with E-state index in [9.17, 15) is 27.9 Å². The van der Waals surface area contributed by atoms with Crippen molar-refractivity contribution in [3.05, 3.63) is 87.4 Å². The van der Waals surface area contributed by atoms with Crippen LogP contribution in [0.1, 0.15) is 79.4 Å². The second-order valence-electron chi connectivity index (χ2n) is 13.8. The zero-order chi connectivity index (χ0) is 38.6. The number of carboxylic acid groups (broad SMARTS) is 1. The fraction of sp³-hybridized carbons (Fsp3) is 0.415. The first kappa shape index (κ1) is 39.0. The fourth-order valence-corrected chi connectivity index (χ4v) is 7.80. The van der Waals surface area contributed by atoms with Gasteiger partial charge in [0.25, 0.3) is 0 Å². The average molecular weight is 766 g/mol. The highest BCUT2D eigenvalue weighted by Crippen LogP contribution is 2.46. The number of Topliss-reactive ketones (excluding diaryl/α,β-unsaturated/α-hetero) is 1. The largest absolute Gasteiger partial charge is 0.481 e. The summed E-state index contributed by atoms with van der Waals surface area (Å²) in [6, 6.07) is 16.1. The molecule has 2 aliphatic rings. The molecule has 1 fully saturated rings.